The van der Waals surface area contributed by atoms with Crippen LogP contribution < -0.4 is 0 Å². The highest BCUT2D eigenvalue weighted by Gasteiger charge is 2.60. The molecule has 3 aromatic heterocycles. The fourth-order valence-corrected chi connectivity index (χ4v) is 16.4. The van der Waals surface area contributed by atoms with Gasteiger partial charge in [0.15, 0.2) is 11.6 Å². The summed E-state index contributed by atoms with van der Waals surface area (Å²) in [7, 11) is 0. The summed E-state index contributed by atoms with van der Waals surface area (Å²) in [6.45, 7) is 12.9. The molecule has 4 saturated carbocycles. The third-order valence-corrected chi connectivity index (χ3v) is 19.8. The summed E-state index contributed by atoms with van der Waals surface area (Å²) < 4.78 is 4.73. The quantitative estimate of drug-likeness (QED) is 0.137. The highest BCUT2D eigenvalue weighted by molar-refractivity contribution is 6.23. The molecule has 71 heavy (non-hydrogen) atoms. The molecule has 13 rings (SSSR count). The lowest BCUT2D eigenvalue weighted by Crippen LogP contribution is -2.53. The molecular weight excluding hydrogens is 863 g/mol. The van der Waals surface area contributed by atoms with Crippen molar-refractivity contribution in [2.24, 2.45) is 52.3 Å². The maximum Gasteiger partial charge on any atom is 0.238 e. The molecule has 4 aliphatic carbocycles. The second-order valence-corrected chi connectivity index (χ2v) is 23.8. The van der Waals surface area contributed by atoms with Gasteiger partial charge in [-0.15, -0.1) is 0 Å². The Hall–Kier alpha value is -6.07. The molecular formula is C66H71N5. The van der Waals surface area contributed by atoms with Crippen LogP contribution in [0.2, 0.25) is 0 Å². The van der Waals surface area contributed by atoms with Crippen LogP contribution in [0.25, 0.3) is 78.0 Å². The molecule has 0 amide bonds. The summed E-state index contributed by atoms with van der Waals surface area (Å²) >= 11 is 0. The molecule has 0 N–H and O–H groups in total. The smallest absolute Gasteiger partial charge is 0.238 e. The van der Waals surface area contributed by atoms with E-state index in [0.29, 0.717) is 34.3 Å². The molecule has 0 spiro atoms. The van der Waals surface area contributed by atoms with E-state index in [1.807, 2.05) is 0 Å². The van der Waals surface area contributed by atoms with Crippen LogP contribution in [-0.2, 0) is 0 Å². The van der Waals surface area contributed by atoms with Gasteiger partial charge in [-0.3, -0.25) is 4.57 Å². The molecule has 0 aliphatic heterocycles. The van der Waals surface area contributed by atoms with Gasteiger partial charge in [-0.1, -0.05) is 175 Å². The van der Waals surface area contributed by atoms with Gasteiger partial charge in [0, 0.05) is 38.4 Å². The van der Waals surface area contributed by atoms with Crippen LogP contribution in [0.4, 0.5) is 0 Å². The lowest BCUT2D eigenvalue weighted by Gasteiger charge is -2.61. The molecule has 0 bridgehead atoms. The number of benzene rings is 6. The Morgan fingerprint density at radius 2 is 1.11 bits per heavy atom. The van der Waals surface area contributed by atoms with Crippen LogP contribution in [0.3, 0.4) is 0 Å². The first-order valence-electron chi connectivity index (χ1n) is 27.6. The lowest BCUT2D eigenvalue weighted by atomic mass is 9.43. The van der Waals surface area contributed by atoms with Gasteiger partial charge in [0.05, 0.1) is 22.1 Å². The molecule has 5 heteroatoms. The summed E-state index contributed by atoms with van der Waals surface area (Å²) in [5.41, 5.74) is 10.1. The zero-order valence-corrected chi connectivity index (χ0v) is 42.7. The molecule has 0 radical (unpaired) electrons. The molecule has 1 unspecified atom stereocenters. The number of fused-ring (bicyclic) bond motifs is 12. The summed E-state index contributed by atoms with van der Waals surface area (Å²) in [4.78, 5) is 16.1. The van der Waals surface area contributed by atoms with Crippen LogP contribution in [0, 0.1) is 52.3 Å². The van der Waals surface area contributed by atoms with Crippen molar-refractivity contribution in [1.29, 1.82) is 0 Å². The number of rotatable bonds is 10. The molecule has 4 fully saturated rings. The monoisotopic (exact) mass is 934 g/mol. The number of aromatic nitrogens is 5. The zero-order chi connectivity index (χ0) is 48.0. The molecule has 360 valence electrons. The van der Waals surface area contributed by atoms with E-state index in [4.69, 9.17) is 15.0 Å². The van der Waals surface area contributed by atoms with Crippen molar-refractivity contribution in [2.75, 3.05) is 0 Å². The first-order valence-corrected chi connectivity index (χ1v) is 27.6. The van der Waals surface area contributed by atoms with E-state index >= 15 is 0 Å². The van der Waals surface area contributed by atoms with E-state index in [0.717, 1.165) is 74.8 Å². The fourth-order valence-electron chi connectivity index (χ4n) is 16.4. The van der Waals surface area contributed by atoms with Crippen molar-refractivity contribution in [1.82, 2.24) is 24.1 Å². The van der Waals surface area contributed by atoms with E-state index in [2.05, 4.69) is 189 Å². The van der Waals surface area contributed by atoms with Crippen LogP contribution in [0.5, 0.6) is 0 Å². The average molecular weight is 934 g/mol. The number of hydrogen-bond donors (Lipinski definition) is 0. The Balaban J connectivity index is 0.834. The van der Waals surface area contributed by atoms with E-state index in [-0.39, 0.29) is 0 Å². The topological polar surface area (TPSA) is 48.5 Å². The maximum absolute atomic E-state index is 5.47. The van der Waals surface area contributed by atoms with Crippen LogP contribution >= 0.6 is 0 Å². The predicted molar refractivity (Wildman–Crippen MR) is 295 cm³/mol. The fraction of sp³-hybridized carbons (Fsp3) is 0.409. The molecule has 0 saturated heterocycles. The summed E-state index contributed by atoms with van der Waals surface area (Å²) in [5.74, 6) is 8.81. The van der Waals surface area contributed by atoms with Crippen molar-refractivity contribution in [2.45, 2.75) is 118 Å². The first kappa shape index (κ1) is 44.8. The maximum atomic E-state index is 5.47. The van der Waals surface area contributed by atoms with Gasteiger partial charge < -0.3 is 4.57 Å². The van der Waals surface area contributed by atoms with Crippen LogP contribution in [-0.4, -0.2) is 24.1 Å². The summed E-state index contributed by atoms with van der Waals surface area (Å²) in [5, 5.41) is 4.76. The molecule has 9 atom stereocenters. The minimum atomic E-state index is 0.477. The van der Waals surface area contributed by atoms with Gasteiger partial charge in [0.2, 0.25) is 5.95 Å². The number of hydrogen-bond acceptors (Lipinski definition) is 3. The largest absolute Gasteiger partial charge is 0.307 e. The SMILES string of the molecule is CC(C)CCC[C@@H](C)[C@H]1CC[C@H]2[C@@H]3CC[C@H]4CC(c5ccc(-c6nc(-c7ccccc7)nc(-n7c8ccccc8c8ccc9c%10ccccc%10n(-c%10ccccc%10)c9c87)n6)cc5)CC[C@]4(C)[C@H]3CC[C@]12C. The predicted octanol–water partition coefficient (Wildman–Crippen LogP) is 17.6. The third kappa shape index (κ3) is 7.33. The minimum Gasteiger partial charge on any atom is -0.307 e. The lowest BCUT2D eigenvalue weighted by molar-refractivity contribution is -0.117. The van der Waals surface area contributed by atoms with Crippen molar-refractivity contribution in [3.8, 4) is 34.4 Å². The second kappa shape index (κ2) is 17.6. The zero-order valence-electron chi connectivity index (χ0n) is 42.7. The van der Waals surface area contributed by atoms with Gasteiger partial charge in [-0.2, -0.15) is 9.97 Å². The molecule has 4 aliphatic rings. The number of para-hydroxylation sites is 3. The Bertz CT molecular complexity index is 3400. The van der Waals surface area contributed by atoms with Crippen molar-refractivity contribution in [3.63, 3.8) is 0 Å². The van der Waals surface area contributed by atoms with Gasteiger partial charge in [0.1, 0.15) is 0 Å². The Morgan fingerprint density at radius 3 is 1.80 bits per heavy atom. The second-order valence-electron chi connectivity index (χ2n) is 23.8. The van der Waals surface area contributed by atoms with Crippen molar-refractivity contribution >= 4 is 43.6 Å². The Labute approximate surface area is 421 Å². The summed E-state index contributed by atoms with van der Waals surface area (Å²) in [6.07, 6.45) is 17.0. The van der Waals surface area contributed by atoms with Gasteiger partial charge in [0.25, 0.3) is 0 Å². The van der Waals surface area contributed by atoms with E-state index in [1.54, 1.807) is 0 Å². The van der Waals surface area contributed by atoms with Crippen LogP contribution in [0.1, 0.15) is 123 Å². The van der Waals surface area contributed by atoms with E-state index < -0.39 is 0 Å². The third-order valence-electron chi connectivity index (χ3n) is 19.8. The Morgan fingerprint density at radius 1 is 0.521 bits per heavy atom. The molecule has 3 heterocycles. The molecule has 6 aromatic carbocycles. The van der Waals surface area contributed by atoms with E-state index in [9.17, 15) is 0 Å². The van der Waals surface area contributed by atoms with Crippen molar-refractivity contribution in [3.05, 3.63) is 151 Å². The first-order chi connectivity index (χ1) is 34.7. The molecule has 5 nitrogen and oxygen atoms in total. The van der Waals surface area contributed by atoms with Gasteiger partial charge in [-0.05, 0) is 146 Å². The number of nitrogens with zero attached hydrogens (tertiary/aromatic N) is 5. The normalized spacial score (nSPS) is 26.8. The summed E-state index contributed by atoms with van der Waals surface area (Å²) in [6, 6.07) is 52.7. The van der Waals surface area contributed by atoms with Crippen molar-refractivity contribution < 1.29 is 0 Å². The van der Waals surface area contributed by atoms with Gasteiger partial charge >= 0.3 is 0 Å². The highest BCUT2D eigenvalue weighted by Crippen LogP contribution is 2.69. The van der Waals surface area contributed by atoms with Crippen LogP contribution in [0.15, 0.2) is 146 Å². The Kier molecular flexibility index (Phi) is 11.1. The minimum absolute atomic E-state index is 0.477. The van der Waals surface area contributed by atoms with E-state index in [1.165, 1.54) is 110 Å². The molecule has 9 aromatic rings. The average Bonchev–Trinajstić information content (AvgIpc) is 4.06. The van der Waals surface area contributed by atoms with Gasteiger partial charge in [-0.25, -0.2) is 4.98 Å². The highest BCUT2D eigenvalue weighted by atomic mass is 15.2. The standard InChI is InChI=1S/C66H71N5/c1-42(2)17-16-18-43(3)55-35-36-56-54-32-31-48-41-47(37-39-65(48,4)57(54)38-40-66(55,56)5)44-27-29-46(30-28-44)63-67-62(45-19-8-6-9-20-45)68-64(69-63)71-59-26-15-13-24-51(59)53-34-33-52-50-23-12-14-25-58(50)70(60(52)61(53)71)49-21-10-7-11-22-49/h6-15,19-30,33-34,42-43,47-48,54-57H,16-18,31-32,35-41H2,1-5H3/t43-,47?,48+,54+,55-,56+,57+,65+,66-/m1/s1.